The third-order valence-corrected chi connectivity index (χ3v) is 4.30. The molecule has 20 heavy (non-hydrogen) atoms. The monoisotopic (exact) mass is 349 g/mol. The van der Waals surface area contributed by atoms with E-state index < -0.39 is 0 Å². The number of imidazole rings is 1. The molecule has 1 aromatic carbocycles. The molecule has 3 aromatic rings. The van der Waals surface area contributed by atoms with Crippen LogP contribution in [0.15, 0.2) is 41.1 Å². The summed E-state index contributed by atoms with van der Waals surface area (Å²) in [5, 5.41) is -0.178. The molecule has 0 spiro atoms. The molecule has 102 valence electrons. The number of rotatable bonds is 2. The van der Waals surface area contributed by atoms with Crippen LogP contribution in [0, 0.1) is 6.92 Å². The number of hydrogen-bond acceptors (Lipinski definition) is 2. The van der Waals surface area contributed by atoms with Gasteiger partial charge in [-0.3, -0.25) is 9.55 Å². The van der Waals surface area contributed by atoms with E-state index in [1.165, 1.54) is 5.56 Å². The molecule has 0 aliphatic heterocycles. The first-order chi connectivity index (χ1) is 9.58. The molecule has 0 radical (unpaired) electrons. The first kappa shape index (κ1) is 13.6. The summed E-state index contributed by atoms with van der Waals surface area (Å²) in [5.41, 5.74) is 4.10. The fraction of sp³-hybridized carbons (Fsp3) is 0.200. The number of alkyl halides is 1. The molecule has 5 heteroatoms. The van der Waals surface area contributed by atoms with Gasteiger partial charge in [0.05, 0.1) is 17.1 Å². The Morgan fingerprint density at radius 2 is 2.10 bits per heavy atom. The van der Waals surface area contributed by atoms with Crippen LogP contribution in [0.3, 0.4) is 0 Å². The first-order valence-corrected chi connectivity index (χ1v) is 7.54. The average molecular weight is 351 g/mol. The van der Waals surface area contributed by atoms with E-state index in [9.17, 15) is 0 Å². The van der Waals surface area contributed by atoms with Crippen molar-refractivity contribution in [2.45, 2.75) is 19.2 Å². The molecule has 0 N–H and O–H groups in total. The Labute approximate surface area is 130 Å². The Morgan fingerprint density at radius 3 is 2.80 bits per heavy atom. The molecule has 0 amide bonds. The van der Waals surface area contributed by atoms with Gasteiger partial charge in [-0.2, -0.15) is 0 Å². The molecule has 0 saturated carbocycles. The quantitative estimate of drug-likeness (QED) is 0.622. The highest BCUT2D eigenvalue weighted by molar-refractivity contribution is 9.10. The smallest absolute Gasteiger partial charge is 0.132 e. The van der Waals surface area contributed by atoms with E-state index in [0.717, 1.165) is 27.0 Å². The summed E-state index contributed by atoms with van der Waals surface area (Å²) >= 11 is 9.86. The zero-order valence-corrected chi connectivity index (χ0v) is 13.5. The Hall–Kier alpha value is -1.39. The van der Waals surface area contributed by atoms with Crippen molar-refractivity contribution < 1.29 is 0 Å². The van der Waals surface area contributed by atoms with Gasteiger partial charge in [0.15, 0.2) is 0 Å². The lowest BCUT2D eigenvalue weighted by Gasteiger charge is -2.11. The van der Waals surface area contributed by atoms with E-state index in [0.29, 0.717) is 0 Å². The average Bonchev–Trinajstić information content (AvgIpc) is 2.81. The largest absolute Gasteiger partial charge is 0.295 e. The first-order valence-electron chi connectivity index (χ1n) is 6.31. The van der Waals surface area contributed by atoms with Crippen molar-refractivity contribution in [3.05, 3.63) is 52.5 Å². The highest BCUT2D eigenvalue weighted by atomic mass is 79.9. The van der Waals surface area contributed by atoms with Crippen molar-refractivity contribution in [2.24, 2.45) is 0 Å². The van der Waals surface area contributed by atoms with Crippen molar-refractivity contribution in [1.82, 2.24) is 14.5 Å². The van der Waals surface area contributed by atoms with Crippen molar-refractivity contribution in [1.29, 1.82) is 0 Å². The second-order valence-electron chi connectivity index (χ2n) is 4.72. The lowest BCUT2D eigenvalue weighted by molar-refractivity contribution is 0.882. The van der Waals surface area contributed by atoms with Gasteiger partial charge in [0.2, 0.25) is 0 Å². The third-order valence-electron chi connectivity index (χ3n) is 3.25. The van der Waals surface area contributed by atoms with Crippen LogP contribution in [0.4, 0.5) is 0 Å². The summed E-state index contributed by atoms with van der Waals surface area (Å²) in [7, 11) is 0. The van der Waals surface area contributed by atoms with Gasteiger partial charge in [-0.25, -0.2) is 4.98 Å². The number of aromatic nitrogens is 3. The number of nitrogens with zero attached hydrogens (tertiary/aromatic N) is 3. The fourth-order valence-corrected chi connectivity index (χ4v) is 2.72. The van der Waals surface area contributed by atoms with Gasteiger partial charge < -0.3 is 0 Å². The summed E-state index contributed by atoms with van der Waals surface area (Å²) in [4.78, 5) is 8.72. The van der Waals surface area contributed by atoms with Crippen LogP contribution in [0.25, 0.3) is 16.7 Å². The predicted molar refractivity (Wildman–Crippen MR) is 85.6 cm³/mol. The van der Waals surface area contributed by atoms with Crippen molar-refractivity contribution in [2.75, 3.05) is 0 Å². The molecule has 2 aromatic heterocycles. The minimum atomic E-state index is -0.178. The fourth-order valence-electron chi connectivity index (χ4n) is 2.21. The maximum Gasteiger partial charge on any atom is 0.132 e. The molecular weight excluding hydrogens is 338 g/mol. The summed E-state index contributed by atoms with van der Waals surface area (Å²) in [6.45, 7) is 3.99. The second-order valence-corrected chi connectivity index (χ2v) is 6.23. The minimum absolute atomic E-state index is 0.178. The van der Waals surface area contributed by atoms with Crippen LogP contribution in [0.2, 0.25) is 0 Å². The normalized spacial score (nSPS) is 12.8. The van der Waals surface area contributed by atoms with E-state index >= 15 is 0 Å². The molecule has 0 saturated heterocycles. The molecule has 0 aliphatic carbocycles. The van der Waals surface area contributed by atoms with E-state index in [1.807, 2.05) is 13.0 Å². The number of hydrogen-bond donors (Lipinski definition) is 0. The molecule has 0 fully saturated rings. The van der Waals surface area contributed by atoms with Crippen LogP contribution in [-0.2, 0) is 0 Å². The minimum Gasteiger partial charge on any atom is -0.295 e. The second kappa shape index (κ2) is 5.19. The zero-order valence-electron chi connectivity index (χ0n) is 11.1. The van der Waals surface area contributed by atoms with Crippen LogP contribution < -0.4 is 0 Å². The van der Waals surface area contributed by atoms with Crippen molar-refractivity contribution in [3.8, 4) is 5.69 Å². The lowest BCUT2D eigenvalue weighted by Crippen LogP contribution is -2.02. The van der Waals surface area contributed by atoms with Crippen LogP contribution >= 0.6 is 27.5 Å². The van der Waals surface area contributed by atoms with Crippen molar-refractivity contribution >= 4 is 38.6 Å². The highest BCUT2D eigenvalue weighted by Gasteiger charge is 2.16. The molecule has 3 rings (SSSR count). The van der Waals surface area contributed by atoms with Crippen LogP contribution in [-0.4, -0.2) is 14.5 Å². The van der Waals surface area contributed by atoms with Gasteiger partial charge in [0.1, 0.15) is 11.3 Å². The highest BCUT2D eigenvalue weighted by Crippen LogP contribution is 2.29. The summed E-state index contributed by atoms with van der Waals surface area (Å²) in [6.07, 6.45) is 3.53. The number of benzene rings is 1. The SMILES string of the molecule is Cc1ccc(-n2c(C(C)Cl)nc3cnccc32)cc1Br. The zero-order chi connectivity index (χ0) is 14.3. The Bertz CT molecular complexity index is 780. The Morgan fingerprint density at radius 1 is 1.30 bits per heavy atom. The number of aryl methyl sites for hydroxylation is 1. The van der Waals surface area contributed by atoms with E-state index in [2.05, 4.69) is 55.6 Å². The van der Waals surface area contributed by atoms with Gasteiger partial charge in [-0.05, 0) is 37.6 Å². The molecule has 2 heterocycles. The van der Waals surface area contributed by atoms with Gasteiger partial charge in [-0.15, -0.1) is 11.6 Å². The molecule has 0 aliphatic rings. The Kier molecular flexibility index (Phi) is 3.52. The van der Waals surface area contributed by atoms with Crippen molar-refractivity contribution in [3.63, 3.8) is 0 Å². The number of fused-ring (bicyclic) bond motifs is 1. The Balaban J connectivity index is 2.33. The van der Waals surface area contributed by atoms with Gasteiger partial charge in [0, 0.05) is 16.4 Å². The maximum absolute atomic E-state index is 6.29. The van der Waals surface area contributed by atoms with E-state index in [4.69, 9.17) is 11.6 Å². The summed E-state index contributed by atoms with van der Waals surface area (Å²) < 4.78 is 3.15. The topological polar surface area (TPSA) is 30.7 Å². The predicted octanol–water partition coefficient (Wildman–Crippen LogP) is 4.79. The molecular formula is C15H13BrClN3. The summed E-state index contributed by atoms with van der Waals surface area (Å²) in [5.74, 6) is 0.824. The third kappa shape index (κ3) is 2.23. The lowest BCUT2D eigenvalue weighted by atomic mass is 10.2. The van der Waals surface area contributed by atoms with Gasteiger partial charge >= 0.3 is 0 Å². The molecule has 1 atom stereocenters. The van der Waals surface area contributed by atoms with Crippen LogP contribution in [0.5, 0.6) is 0 Å². The van der Waals surface area contributed by atoms with Gasteiger partial charge in [-0.1, -0.05) is 22.0 Å². The molecule has 1 unspecified atom stereocenters. The standard InChI is InChI=1S/C15H13BrClN3/c1-9-3-4-11(7-12(9)16)20-14-5-6-18-8-13(14)19-15(20)10(2)17/h3-8,10H,1-2H3. The van der Waals surface area contributed by atoms with Crippen LogP contribution in [0.1, 0.15) is 23.7 Å². The molecule has 0 bridgehead atoms. The number of halogens is 2. The number of pyridine rings is 1. The summed E-state index contributed by atoms with van der Waals surface area (Å²) in [6, 6.07) is 8.19. The molecule has 3 nitrogen and oxygen atoms in total. The van der Waals surface area contributed by atoms with E-state index in [-0.39, 0.29) is 5.38 Å². The maximum atomic E-state index is 6.29. The van der Waals surface area contributed by atoms with Gasteiger partial charge in [0.25, 0.3) is 0 Å². The van der Waals surface area contributed by atoms with E-state index in [1.54, 1.807) is 12.4 Å².